The van der Waals surface area contributed by atoms with E-state index >= 15 is 0 Å². The average Bonchev–Trinajstić information content (AvgIpc) is 3.69. The monoisotopic (exact) mass is 676 g/mol. The van der Waals surface area contributed by atoms with E-state index in [-0.39, 0.29) is 56.5 Å². The Balaban J connectivity index is 0.955. The predicted octanol–water partition coefficient (Wildman–Crippen LogP) is -0.0747. The van der Waals surface area contributed by atoms with E-state index in [9.17, 15) is 24.0 Å². The molecule has 0 unspecified atom stereocenters. The lowest BCUT2D eigenvalue weighted by molar-refractivity contribution is -0.198. The number of rotatable bonds is 27. The number of nitrogens with zero attached hydrogens (tertiary/aromatic N) is 1. The van der Waals surface area contributed by atoms with Gasteiger partial charge in [0.1, 0.15) is 0 Å². The number of amides is 5. The highest BCUT2D eigenvalue weighted by atomic mass is 32.2. The predicted molar refractivity (Wildman–Crippen MR) is 164 cm³/mol. The largest absolute Gasteiger partial charge is 0.378 e. The summed E-state index contributed by atoms with van der Waals surface area (Å²) in [5.74, 6) is -0.750. The van der Waals surface area contributed by atoms with Gasteiger partial charge in [-0.2, -0.15) is 11.8 Å². The normalized spacial score (nSPS) is 20.6. The Morgan fingerprint density at radius 1 is 0.717 bits per heavy atom. The van der Waals surface area contributed by atoms with Gasteiger partial charge in [0.15, 0.2) is 0 Å². The summed E-state index contributed by atoms with van der Waals surface area (Å²) in [5, 5.41) is 9.75. The summed E-state index contributed by atoms with van der Waals surface area (Å²) in [5.41, 5.74) is 0. The lowest BCUT2D eigenvalue weighted by Gasteiger charge is -2.16. The van der Waals surface area contributed by atoms with Crippen molar-refractivity contribution in [2.75, 3.05) is 91.6 Å². The van der Waals surface area contributed by atoms with E-state index in [0.29, 0.717) is 89.3 Å². The summed E-state index contributed by atoms with van der Waals surface area (Å²) in [6.45, 7) is 5.01. The molecule has 0 bridgehead atoms. The maximum atomic E-state index is 12.0. The third-order valence-electron chi connectivity index (χ3n) is 7.16. The molecule has 262 valence electrons. The topological polar surface area (TPSA) is 189 Å². The number of ether oxygens (including phenoxy) is 6. The molecular formula is C29H48N4O12S. The molecule has 3 aliphatic heterocycles. The quantitative estimate of drug-likeness (QED) is 0.0596. The number of hydrogen-bond donors (Lipinski definition) is 3. The Hall–Kier alpha value is -2.54. The summed E-state index contributed by atoms with van der Waals surface area (Å²) in [6, 6.07) is 0.381. The first kappa shape index (κ1) is 37.9. The Morgan fingerprint density at radius 3 is 1.85 bits per heavy atom. The number of thioether (sulfide) groups is 1. The number of carbonyl (C=O) groups is 5. The van der Waals surface area contributed by atoms with E-state index in [2.05, 4.69) is 16.0 Å². The molecule has 46 heavy (non-hydrogen) atoms. The second-order valence-corrected chi connectivity index (χ2v) is 12.0. The summed E-state index contributed by atoms with van der Waals surface area (Å²) in [7, 11) is 0. The van der Waals surface area contributed by atoms with Gasteiger partial charge in [-0.3, -0.25) is 14.4 Å². The van der Waals surface area contributed by atoms with Gasteiger partial charge in [0.25, 0.3) is 11.8 Å². The zero-order valence-corrected chi connectivity index (χ0v) is 27.2. The van der Waals surface area contributed by atoms with Crippen molar-refractivity contribution in [2.45, 2.75) is 62.3 Å². The molecule has 0 radical (unpaired) electrons. The van der Waals surface area contributed by atoms with Gasteiger partial charge >= 0.3 is 12.0 Å². The van der Waals surface area contributed by atoms with Crippen LogP contribution >= 0.6 is 11.8 Å². The molecule has 3 aliphatic rings. The van der Waals surface area contributed by atoms with Crippen molar-refractivity contribution < 1.29 is 57.2 Å². The molecule has 5 amide bonds. The van der Waals surface area contributed by atoms with Crippen LogP contribution in [0.2, 0.25) is 0 Å². The third-order valence-corrected chi connectivity index (χ3v) is 8.67. The van der Waals surface area contributed by atoms with Crippen molar-refractivity contribution in [1.29, 1.82) is 0 Å². The molecule has 3 fully saturated rings. The first-order valence-electron chi connectivity index (χ1n) is 15.9. The number of hydrogen-bond acceptors (Lipinski definition) is 13. The Morgan fingerprint density at radius 2 is 1.26 bits per heavy atom. The minimum Gasteiger partial charge on any atom is -0.378 e. The average molecular weight is 677 g/mol. The summed E-state index contributed by atoms with van der Waals surface area (Å²) >= 11 is 1.89. The van der Waals surface area contributed by atoms with Gasteiger partial charge in [0, 0.05) is 36.8 Å². The van der Waals surface area contributed by atoms with Crippen LogP contribution in [0.25, 0.3) is 0 Å². The summed E-state index contributed by atoms with van der Waals surface area (Å²) in [4.78, 5) is 62.6. The maximum absolute atomic E-state index is 12.0. The van der Waals surface area contributed by atoms with Crippen molar-refractivity contribution in [2.24, 2.45) is 0 Å². The number of carbonyl (C=O) groups excluding carboxylic acids is 5. The maximum Gasteiger partial charge on any atom is 0.335 e. The highest BCUT2D eigenvalue weighted by Crippen LogP contribution is 2.33. The summed E-state index contributed by atoms with van der Waals surface area (Å²) in [6.07, 6.45) is 3.32. The van der Waals surface area contributed by atoms with Crippen LogP contribution in [0.1, 0.15) is 44.9 Å². The molecule has 3 N–H and O–H groups in total. The first-order chi connectivity index (χ1) is 22.4. The first-order valence-corrected chi connectivity index (χ1v) is 17.0. The lowest BCUT2D eigenvalue weighted by Crippen LogP contribution is -2.36. The van der Waals surface area contributed by atoms with E-state index in [4.69, 9.17) is 33.3 Å². The second-order valence-electron chi connectivity index (χ2n) is 10.7. The zero-order chi connectivity index (χ0) is 32.8. The molecule has 16 nitrogen and oxygen atoms in total. The molecule has 0 spiro atoms. The molecule has 17 heteroatoms. The Bertz CT molecular complexity index is 945. The SMILES string of the molecule is O=C(CCCC[C@@H]1SC[C@@H]2NC(=O)N[C@@H]21)NCCOCCOCCOCCOCCOCCOCCC(=O)ON1C(=O)CCC1=O. The van der Waals surface area contributed by atoms with Gasteiger partial charge in [-0.05, 0) is 12.8 Å². The summed E-state index contributed by atoms with van der Waals surface area (Å²) < 4.78 is 32.5. The standard InChI is InChI=1S/C29H48N4O12S/c34-24(4-2-1-3-23-28-22(21-46-23)31-29(38)32-28)30-8-10-40-12-14-42-16-18-44-20-19-43-17-15-41-13-11-39-9-7-27(37)45-33-25(35)5-6-26(33)36/h22-23,28H,1-21H2,(H,30,34)(H2,31,32,38)/t22-,23-,28-/m0/s1. The van der Waals surface area contributed by atoms with Gasteiger partial charge < -0.3 is 49.2 Å². The Kier molecular flexibility index (Phi) is 18.9. The molecule has 3 heterocycles. The van der Waals surface area contributed by atoms with Crippen molar-refractivity contribution in [3.63, 3.8) is 0 Å². The number of unbranched alkanes of at least 4 members (excludes halogenated alkanes) is 1. The van der Waals surface area contributed by atoms with E-state index in [1.807, 2.05) is 11.8 Å². The fourth-order valence-electron chi connectivity index (χ4n) is 4.79. The van der Waals surface area contributed by atoms with Crippen molar-refractivity contribution in [3.8, 4) is 0 Å². The number of fused-ring (bicyclic) bond motifs is 1. The van der Waals surface area contributed by atoms with Gasteiger partial charge in [-0.15, -0.1) is 5.06 Å². The minimum absolute atomic E-state index is 0.0275. The van der Waals surface area contributed by atoms with Crippen molar-refractivity contribution in [3.05, 3.63) is 0 Å². The fraction of sp³-hybridized carbons (Fsp3) is 0.828. The van der Waals surface area contributed by atoms with Gasteiger partial charge in [-0.25, -0.2) is 9.59 Å². The van der Waals surface area contributed by atoms with Crippen molar-refractivity contribution >= 4 is 41.5 Å². The van der Waals surface area contributed by atoms with Crippen LogP contribution < -0.4 is 16.0 Å². The number of urea groups is 1. The van der Waals surface area contributed by atoms with Crippen molar-refractivity contribution in [1.82, 2.24) is 21.0 Å². The van der Waals surface area contributed by atoms with Crippen LogP contribution in [0.15, 0.2) is 0 Å². The molecule has 0 aromatic carbocycles. The number of hydroxylamine groups is 2. The second kappa shape index (κ2) is 22.9. The van der Waals surface area contributed by atoms with E-state index < -0.39 is 17.8 Å². The number of nitrogens with one attached hydrogen (secondary N) is 3. The minimum atomic E-state index is -0.702. The molecule has 3 saturated heterocycles. The molecule has 0 aromatic rings. The fourth-order valence-corrected chi connectivity index (χ4v) is 6.33. The molecular weight excluding hydrogens is 628 g/mol. The van der Waals surface area contributed by atoms with Gasteiger partial charge in [-0.1, -0.05) is 6.42 Å². The highest BCUT2D eigenvalue weighted by molar-refractivity contribution is 8.00. The highest BCUT2D eigenvalue weighted by Gasteiger charge is 2.42. The van der Waals surface area contributed by atoms with E-state index in [1.165, 1.54) is 0 Å². The third kappa shape index (κ3) is 15.4. The van der Waals surface area contributed by atoms with Crippen LogP contribution in [0.4, 0.5) is 4.79 Å². The van der Waals surface area contributed by atoms with Crippen LogP contribution in [-0.4, -0.2) is 144 Å². The molecule has 0 saturated carbocycles. The van der Waals surface area contributed by atoms with Crippen LogP contribution in [0.3, 0.4) is 0 Å². The molecule has 0 aromatic heterocycles. The van der Waals surface area contributed by atoms with E-state index in [0.717, 1.165) is 25.0 Å². The van der Waals surface area contributed by atoms with Crippen LogP contribution in [0.5, 0.6) is 0 Å². The molecule has 3 rings (SSSR count). The van der Waals surface area contributed by atoms with E-state index in [1.54, 1.807) is 0 Å². The molecule has 3 atom stereocenters. The van der Waals surface area contributed by atoms with Gasteiger partial charge in [0.05, 0.1) is 97.8 Å². The number of imide groups is 1. The smallest absolute Gasteiger partial charge is 0.335 e. The van der Waals surface area contributed by atoms with Crippen LogP contribution in [0, 0.1) is 0 Å². The Labute approximate surface area is 273 Å². The van der Waals surface area contributed by atoms with Crippen LogP contribution in [-0.2, 0) is 52.4 Å². The lowest BCUT2D eigenvalue weighted by atomic mass is 10.0. The molecule has 0 aliphatic carbocycles. The van der Waals surface area contributed by atoms with Gasteiger partial charge in [0.2, 0.25) is 5.91 Å². The zero-order valence-electron chi connectivity index (χ0n) is 26.3.